The van der Waals surface area contributed by atoms with Crippen molar-refractivity contribution in [3.05, 3.63) is 95.1 Å². The minimum atomic E-state index is -0.503. The molecule has 1 aliphatic rings. The topological polar surface area (TPSA) is 72.6 Å². The van der Waals surface area contributed by atoms with Gasteiger partial charge in [-0.05, 0) is 48.2 Å². The summed E-state index contributed by atoms with van der Waals surface area (Å²) in [6, 6.07) is 22.0. The molecule has 4 rings (SSSR count). The van der Waals surface area contributed by atoms with Gasteiger partial charge < -0.3 is 15.4 Å². The Labute approximate surface area is 176 Å². The van der Waals surface area contributed by atoms with Crippen LogP contribution in [0.1, 0.15) is 38.3 Å². The van der Waals surface area contributed by atoms with Crippen LogP contribution in [0.3, 0.4) is 0 Å². The summed E-state index contributed by atoms with van der Waals surface area (Å²) in [5.74, 6) is 0.330. The van der Waals surface area contributed by atoms with E-state index in [-0.39, 0.29) is 11.7 Å². The summed E-state index contributed by atoms with van der Waals surface area (Å²) < 4.78 is 6.12. The number of carbonyl (C=O) groups is 2. The van der Waals surface area contributed by atoms with Crippen LogP contribution >= 0.6 is 0 Å². The molecule has 3 aromatic rings. The van der Waals surface area contributed by atoms with Crippen molar-refractivity contribution >= 4 is 17.4 Å². The molecule has 152 valence electrons. The van der Waals surface area contributed by atoms with E-state index in [1.807, 2.05) is 48.5 Å². The summed E-state index contributed by atoms with van der Waals surface area (Å²) in [5, 5.41) is 0. The van der Waals surface area contributed by atoms with Crippen molar-refractivity contribution < 1.29 is 14.3 Å². The maximum absolute atomic E-state index is 13.2. The van der Waals surface area contributed by atoms with E-state index >= 15 is 0 Å². The van der Waals surface area contributed by atoms with Crippen molar-refractivity contribution in [3.63, 3.8) is 0 Å². The van der Waals surface area contributed by atoms with Gasteiger partial charge in [0.1, 0.15) is 12.4 Å². The van der Waals surface area contributed by atoms with E-state index in [0.29, 0.717) is 42.0 Å². The third kappa shape index (κ3) is 3.84. The van der Waals surface area contributed by atoms with Gasteiger partial charge in [0.25, 0.3) is 5.91 Å². The van der Waals surface area contributed by atoms with Crippen molar-refractivity contribution in [1.29, 1.82) is 0 Å². The van der Waals surface area contributed by atoms with E-state index < -0.39 is 6.04 Å². The smallest absolute Gasteiger partial charge is 0.258 e. The fourth-order valence-corrected chi connectivity index (χ4v) is 3.82. The number of hydrogen-bond donors (Lipinski definition) is 1. The van der Waals surface area contributed by atoms with Crippen LogP contribution in [0.5, 0.6) is 5.75 Å². The number of Topliss-reactive ketones (excluding diaryl/α,β-unsaturated/α-hetero) is 1. The molecule has 0 fully saturated rings. The lowest BCUT2D eigenvalue weighted by atomic mass is 9.86. The number of ketones is 1. The number of anilines is 1. The number of nitrogens with zero attached hydrogens (tertiary/aromatic N) is 1. The summed E-state index contributed by atoms with van der Waals surface area (Å²) in [6.07, 6.45) is 1.17. The molecule has 0 aliphatic heterocycles. The maximum Gasteiger partial charge on any atom is 0.258 e. The lowest BCUT2D eigenvalue weighted by Crippen LogP contribution is -2.37. The quantitative estimate of drug-likeness (QED) is 0.703. The number of amides is 1. The van der Waals surface area contributed by atoms with Crippen LogP contribution < -0.4 is 15.4 Å². The van der Waals surface area contributed by atoms with Crippen LogP contribution in [-0.2, 0) is 13.0 Å². The lowest BCUT2D eigenvalue weighted by Gasteiger charge is -2.29. The molecule has 0 spiro atoms. The molecule has 0 saturated carbocycles. The van der Waals surface area contributed by atoms with Gasteiger partial charge in [-0.3, -0.25) is 9.59 Å². The van der Waals surface area contributed by atoms with Gasteiger partial charge >= 0.3 is 0 Å². The third-order valence-corrected chi connectivity index (χ3v) is 5.45. The number of benzene rings is 3. The van der Waals surface area contributed by atoms with Gasteiger partial charge in [0.15, 0.2) is 5.78 Å². The van der Waals surface area contributed by atoms with Gasteiger partial charge in [-0.25, -0.2) is 0 Å². The van der Waals surface area contributed by atoms with Crippen molar-refractivity contribution in [2.45, 2.75) is 25.5 Å². The van der Waals surface area contributed by atoms with Crippen molar-refractivity contribution in [2.75, 3.05) is 11.9 Å². The fraction of sp³-hybridized carbons (Fsp3) is 0.200. The summed E-state index contributed by atoms with van der Waals surface area (Å²) in [6.45, 7) is 0.369. The van der Waals surface area contributed by atoms with Crippen LogP contribution in [0.4, 0.5) is 5.69 Å². The van der Waals surface area contributed by atoms with Gasteiger partial charge in [0, 0.05) is 18.2 Å². The first-order valence-corrected chi connectivity index (χ1v) is 10.0. The lowest BCUT2D eigenvalue weighted by molar-refractivity contribution is 0.0945. The Balaban J connectivity index is 1.74. The zero-order valence-corrected chi connectivity index (χ0v) is 16.9. The van der Waals surface area contributed by atoms with Crippen molar-refractivity contribution in [1.82, 2.24) is 0 Å². The Bertz CT molecular complexity index is 1060. The Hall–Kier alpha value is -3.44. The molecular weight excluding hydrogens is 376 g/mol. The van der Waals surface area contributed by atoms with Gasteiger partial charge in [-0.2, -0.15) is 0 Å². The Morgan fingerprint density at radius 2 is 1.70 bits per heavy atom. The second-order valence-electron chi connectivity index (χ2n) is 7.45. The average molecular weight is 400 g/mol. The van der Waals surface area contributed by atoms with E-state index in [0.717, 1.165) is 11.1 Å². The van der Waals surface area contributed by atoms with Crippen LogP contribution in [0, 0.1) is 0 Å². The van der Waals surface area contributed by atoms with E-state index in [2.05, 4.69) is 0 Å². The van der Waals surface area contributed by atoms with Crippen molar-refractivity contribution in [2.24, 2.45) is 5.73 Å². The minimum absolute atomic E-state index is 0.0901. The van der Waals surface area contributed by atoms with Crippen molar-refractivity contribution in [3.8, 4) is 5.75 Å². The first-order chi connectivity index (χ1) is 14.6. The Morgan fingerprint density at radius 1 is 1.03 bits per heavy atom. The minimum Gasteiger partial charge on any atom is -0.487 e. The van der Waals surface area contributed by atoms with Gasteiger partial charge in [-0.1, -0.05) is 48.5 Å². The first-order valence-electron chi connectivity index (χ1n) is 10.0. The summed E-state index contributed by atoms with van der Waals surface area (Å²) in [4.78, 5) is 27.4. The third-order valence-electron chi connectivity index (χ3n) is 5.45. The Kier molecular flexibility index (Phi) is 5.63. The Morgan fingerprint density at radius 3 is 2.40 bits per heavy atom. The molecule has 3 aromatic carbocycles. The van der Waals surface area contributed by atoms with E-state index in [1.54, 1.807) is 36.2 Å². The SMILES string of the molecule is CN(C(=O)c1ccccc1)c1c(OCc2ccccc2)ccc2c1CCC(N)C2=O. The fourth-order valence-electron chi connectivity index (χ4n) is 3.82. The first kappa shape index (κ1) is 19.9. The normalized spacial score (nSPS) is 15.4. The average Bonchev–Trinajstić information content (AvgIpc) is 2.80. The number of fused-ring (bicyclic) bond motifs is 1. The number of hydrogen-bond acceptors (Lipinski definition) is 4. The number of rotatable bonds is 5. The van der Waals surface area contributed by atoms with E-state index in [9.17, 15) is 9.59 Å². The van der Waals surface area contributed by atoms with E-state index in [1.165, 1.54) is 0 Å². The summed E-state index contributed by atoms with van der Waals surface area (Å²) in [7, 11) is 1.72. The highest BCUT2D eigenvalue weighted by molar-refractivity contribution is 6.09. The second kappa shape index (κ2) is 8.51. The van der Waals surface area contributed by atoms with Gasteiger partial charge in [-0.15, -0.1) is 0 Å². The molecule has 1 amide bonds. The molecule has 2 N–H and O–H groups in total. The predicted molar refractivity (Wildman–Crippen MR) is 117 cm³/mol. The molecule has 0 radical (unpaired) electrons. The highest BCUT2D eigenvalue weighted by Crippen LogP contribution is 2.38. The number of nitrogens with two attached hydrogens (primary N) is 1. The molecule has 30 heavy (non-hydrogen) atoms. The van der Waals surface area contributed by atoms with Crippen LogP contribution in [0.2, 0.25) is 0 Å². The summed E-state index contributed by atoms with van der Waals surface area (Å²) in [5.41, 5.74) is 9.61. The molecule has 1 atom stereocenters. The zero-order valence-electron chi connectivity index (χ0n) is 16.9. The van der Waals surface area contributed by atoms with E-state index in [4.69, 9.17) is 10.5 Å². The number of ether oxygens (including phenoxy) is 1. The largest absolute Gasteiger partial charge is 0.487 e. The monoisotopic (exact) mass is 400 g/mol. The van der Waals surface area contributed by atoms with Crippen LogP contribution in [0.25, 0.3) is 0 Å². The van der Waals surface area contributed by atoms with Crippen LogP contribution in [-0.4, -0.2) is 24.8 Å². The van der Waals surface area contributed by atoms with Gasteiger partial charge in [0.2, 0.25) is 0 Å². The molecule has 1 aliphatic carbocycles. The second-order valence-corrected chi connectivity index (χ2v) is 7.45. The molecule has 5 heteroatoms. The zero-order chi connectivity index (χ0) is 21.1. The van der Waals surface area contributed by atoms with Crippen LogP contribution in [0.15, 0.2) is 72.8 Å². The molecule has 0 saturated heterocycles. The highest BCUT2D eigenvalue weighted by atomic mass is 16.5. The number of carbonyl (C=O) groups excluding carboxylic acids is 2. The molecule has 5 nitrogen and oxygen atoms in total. The summed E-state index contributed by atoms with van der Waals surface area (Å²) >= 11 is 0. The molecule has 0 aromatic heterocycles. The van der Waals surface area contributed by atoms with Gasteiger partial charge in [0.05, 0.1) is 11.7 Å². The molecule has 0 heterocycles. The maximum atomic E-state index is 13.2. The molecular formula is C25H24N2O3. The highest BCUT2D eigenvalue weighted by Gasteiger charge is 2.30. The molecule has 0 bridgehead atoms. The molecule has 1 unspecified atom stereocenters. The standard InChI is InChI=1S/C25H24N2O3/c1-27(25(29)18-10-6-3-7-11-18)23-19-12-14-21(26)24(28)20(19)13-15-22(23)30-16-17-8-4-2-5-9-17/h2-11,13,15,21H,12,14,16,26H2,1H3. The predicted octanol–water partition coefficient (Wildman–Crippen LogP) is 4.00.